The van der Waals surface area contributed by atoms with Crippen LogP contribution < -0.4 is 5.73 Å². The fourth-order valence-corrected chi connectivity index (χ4v) is 1.70. The number of nitrogens with two attached hydrogens (primary N) is 1. The zero-order valence-electron chi connectivity index (χ0n) is 9.79. The molecule has 0 heterocycles. The average Bonchev–Trinajstić information content (AvgIpc) is 1.99. The minimum Gasteiger partial charge on any atom is -0.431 e. The first kappa shape index (κ1) is 12.3. The largest absolute Gasteiger partial charge is 0.509 e. The molecule has 0 amide bonds. The lowest BCUT2D eigenvalue weighted by Crippen LogP contribution is -2.35. The SMILES string of the molecule is CC(C)(C)OC(=O)OC1CCCC(N)C1. The summed E-state index contributed by atoms with van der Waals surface area (Å²) in [5.41, 5.74) is 5.30. The fraction of sp³-hybridized carbons (Fsp3) is 0.909. The topological polar surface area (TPSA) is 61.5 Å². The minimum atomic E-state index is -0.582. The Morgan fingerprint density at radius 1 is 1.33 bits per heavy atom. The molecule has 1 aliphatic rings. The molecule has 0 spiro atoms. The monoisotopic (exact) mass is 215 g/mol. The lowest BCUT2D eigenvalue weighted by molar-refractivity contribution is -0.0348. The van der Waals surface area contributed by atoms with E-state index in [1.807, 2.05) is 20.8 Å². The summed E-state index contributed by atoms with van der Waals surface area (Å²) in [4.78, 5) is 11.3. The molecular weight excluding hydrogens is 194 g/mol. The van der Waals surface area contributed by atoms with Crippen LogP contribution in [0.25, 0.3) is 0 Å². The predicted molar refractivity (Wildman–Crippen MR) is 57.6 cm³/mol. The Bertz CT molecular complexity index is 222. The van der Waals surface area contributed by atoms with Crippen molar-refractivity contribution in [2.75, 3.05) is 0 Å². The molecule has 2 atom stereocenters. The van der Waals surface area contributed by atoms with Crippen LogP contribution in [0.5, 0.6) is 0 Å². The Balaban J connectivity index is 2.31. The van der Waals surface area contributed by atoms with Gasteiger partial charge >= 0.3 is 6.16 Å². The van der Waals surface area contributed by atoms with Crippen LogP contribution in [-0.2, 0) is 9.47 Å². The highest BCUT2D eigenvalue weighted by atomic mass is 16.7. The third-order valence-corrected chi connectivity index (χ3v) is 2.32. The van der Waals surface area contributed by atoms with Crippen molar-refractivity contribution < 1.29 is 14.3 Å². The summed E-state index contributed by atoms with van der Waals surface area (Å²) in [6.07, 6.45) is 3.04. The number of rotatable bonds is 1. The smallest absolute Gasteiger partial charge is 0.431 e. The minimum absolute atomic E-state index is 0.0661. The second-order valence-electron chi connectivity index (χ2n) is 5.13. The molecule has 0 bridgehead atoms. The quantitative estimate of drug-likeness (QED) is 0.681. The van der Waals surface area contributed by atoms with Gasteiger partial charge in [0.05, 0.1) is 0 Å². The molecule has 0 aromatic rings. The Kier molecular flexibility index (Phi) is 3.97. The van der Waals surface area contributed by atoms with E-state index in [0.29, 0.717) is 0 Å². The van der Waals surface area contributed by atoms with Crippen LogP contribution in [0.1, 0.15) is 46.5 Å². The summed E-state index contributed by atoms with van der Waals surface area (Å²) in [6.45, 7) is 5.46. The first-order chi connectivity index (χ1) is 6.87. The van der Waals surface area contributed by atoms with Crippen molar-refractivity contribution in [3.63, 3.8) is 0 Å². The maximum Gasteiger partial charge on any atom is 0.509 e. The van der Waals surface area contributed by atoms with Crippen LogP contribution >= 0.6 is 0 Å². The molecule has 0 radical (unpaired) electrons. The van der Waals surface area contributed by atoms with E-state index >= 15 is 0 Å². The lowest BCUT2D eigenvalue weighted by atomic mass is 9.94. The molecule has 0 aromatic carbocycles. The maximum absolute atomic E-state index is 11.3. The van der Waals surface area contributed by atoms with Gasteiger partial charge < -0.3 is 15.2 Å². The normalized spacial score (nSPS) is 27.2. The van der Waals surface area contributed by atoms with Gasteiger partial charge in [-0.3, -0.25) is 0 Å². The lowest BCUT2D eigenvalue weighted by Gasteiger charge is -2.27. The van der Waals surface area contributed by atoms with Gasteiger partial charge in [-0.1, -0.05) is 0 Å². The second-order valence-corrected chi connectivity index (χ2v) is 5.13. The van der Waals surface area contributed by atoms with Crippen molar-refractivity contribution in [2.24, 2.45) is 5.73 Å². The Labute approximate surface area is 91.1 Å². The first-order valence-electron chi connectivity index (χ1n) is 5.52. The number of carbonyl (C=O) groups is 1. The summed E-state index contributed by atoms with van der Waals surface area (Å²) in [6, 6.07) is 0.159. The standard InChI is InChI=1S/C11H21NO3/c1-11(2,3)15-10(13)14-9-6-4-5-8(12)7-9/h8-9H,4-7,12H2,1-3H3. The van der Waals surface area contributed by atoms with Crippen LogP contribution in [0.4, 0.5) is 4.79 Å². The van der Waals surface area contributed by atoms with E-state index < -0.39 is 11.8 Å². The van der Waals surface area contributed by atoms with Crippen LogP contribution in [0.3, 0.4) is 0 Å². The number of carbonyl (C=O) groups excluding carboxylic acids is 1. The molecular formula is C11H21NO3. The maximum atomic E-state index is 11.3. The molecule has 1 fully saturated rings. The van der Waals surface area contributed by atoms with Gasteiger partial charge in [0, 0.05) is 6.04 Å². The predicted octanol–water partition coefficient (Wildman–Crippen LogP) is 2.21. The van der Waals surface area contributed by atoms with E-state index in [9.17, 15) is 4.79 Å². The van der Waals surface area contributed by atoms with Crippen LogP contribution in [0.15, 0.2) is 0 Å². The first-order valence-corrected chi connectivity index (χ1v) is 5.52. The summed E-state index contributed by atoms with van der Waals surface area (Å²) in [7, 11) is 0. The zero-order chi connectivity index (χ0) is 11.5. The van der Waals surface area contributed by atoms with Gasteiger partial charge in [0.1, 0.15) is 11.7 Å². The van der Waals surface area contributed by atoms with Gasteiger partial charge in [0.15, 0.2) is 0 Å². The third-order valence-electron chi connectivity index (χ3n) is 2.32. The van der Waals surface area contributed by atoms with Gasteiger partial charge in [-0.2, -0.15) is 0 Å². The summed E-state index contributed by atoms with van der Waals surface area (Å²) < 4.78 is 10.3. The van der Waals surface area contributed by atoms with E-state index in [4.69, 9.17) is 15.2 Å². The third kappa shape index (κ3) is 5.02. The zero-order valence-corrected chi connectivity index (χ0v) is 9.79. The molecule has 4 heteroatoms. The molecule has 0 aliphatic heterocycles. The summed E-state index contributed by atoms with van der Waals surface area (Å²) in [5.74, 6) is 0. The molecule has 15 heavy (non-hydrogen) atoms. The van der Waals surface area contributed by atoms with Crippen LogP contribution in [0.2, 0.25) is 0 Å². The van der Waals surface area contributed by atoms with Gasteiger partial charge in [-0.25, -0.2) is 4.79 Å². The number of ether oxygens (including phenoxy) is 2. The molecule has 4 nitrogen and oxygen atoms in total. The molecule has 0 aromatic heterocycles. The molecule has 1 saturated carbocycles. The van der Waals surface area contributed by atoms with Gasteiger partial charge in [-0.05, 0) is 46.5 Å². The number of hydrogen-bond donors (Lipinski definition) is 1. The van der Waals surface area contributed by atoms with Crippen molar-refractivity contribution in [2.45, 2.75) is 64.2 Å². The van der Waals surface area contributed by atoms with Crippen molar-refractivity contribution in [1.29, 1.82) is 0 Å². The van der Waals surface area contributed by atoms with Crippen molar-refractivity contribution in [3.8, 4) is 0 Å². The molecule has 88 valence electrons. The fourth-order valence-electron chi connectivity index (χ4n) is 1.70. The summed E-state index contributed by atoms with van der Waals surface area (Å²) in [5, 5.41) is 0. The van der Waals surface area contributed by atoms with Crippen molar-refractivity contribution >= 4 is 6.16 Å². The average molecular weight is 215 g/mol. The van der Waals surface area contributed by atoms with E-state index in [1.54, 1.807) is 0 Å². The van der Waals surface area contributed by atoms with Crippen molar-refractivity contribution in [3.05, 3.63) is 0 Å². The van der Waals surface area contributed by atoms with Gasteiger partial charge in [0.25, 0.3) is 0 Å². The van der Waals surface area contributed by atoms with Crippen LogP contribution in [0, 0.1) is 0 Å². The molecule has 1 rings (SSSR count). The highest BCUT2D eigenvalue weighted by Gasteiger charge is 2.25. The summed E-state index contributed by atoms with van der Waals surface area (Å²) >= 11 is 0. The van der Waals surface area contributed by atoms with E-state index in [0.717, 1.165) is 25.7 Å². The highest BCUT2D eigenvalue weighted by Crippen LogP contribution is 2.21. The Morgan fingerprint density at radius 3 is 2.53 bits per heavy atom. The highest BCUT2D eigenvalue weighted by molar-refractivity contribution is 5.60. The molecule has 1 aliphatic carbocycles. The Morgan fingerprint density at radius 2 is 2.00 bits per heavy atom. The molecule has 2 unspecified atom stereocenters. The van der Waals surface area contributed by atoms with E-state index in [2.05, 4.69) is 0 Å². The van der Waals surface area contributed by atoms with Crippen molar-refractivity contribution in [1.82, 2.24) is 0 Å². The van der Waals surface area contributed by atoms with E-state index in [1.165, 1.54) is 0 Å². The van der Waals surface area contributed by atoms with Crippen LogP contribution in [-0.4, -0.2) is 23.9 Å². The molecule has 0 saturated heterocycles. The number of hydrogen-bond acceptors (Lipinski definition) is 4. The van der Waals surface area contributed by atoms with Gasteiger partial charge in [0.2, 0.25) is 0 Å². The molecule has 2 N–H and O–H groups in total. The Hall–Kier alpha value is -0.770. The van der Waals surface area contributed by atoms with E-state index in [-0.39, 0.29) is 12.1 Å². The van der Waals surface area contributed by atoms with Gasteiger partial charge in [-0.15, -0.1) is 0 Å². The second kappa shape index (κ2) is 4.84.